The molecule has 0 saturated heterocycles. The highest BCUT2D eigenvalue weighted by molar-refractivity contribution is 9.10. The average Bonchev–Trinajstić information content (AvgIpc) is 3.30. The average molecular weight is 362 g/mol. The van der Waals surface area contributed by atoms with Crippen LogP contribution in [0, 0.1) is 6.92 Å². The molecule has 0 atom stereocenters. The molecule has 1 nitrogen and oxygen atoms in total. The van der Waals surface area contributed by atoms with Crippen molar-refractivity contribution < 1.29 is 0 Å². The van der Waals surface area contributed by atoms with Crippen LogP contribution >= 0.6 is 27.7 Å². The fourth-order valence-electron chi connectivity index (χ4n) is 2.25. The van der Waals surface area contributed by atoms with Gasteiger partial charge in [-0.3, -0.25) is 0 Å². The van der Waals surface area contributed by atoms with Gasteiger partial charge in [-0.1, -0.05) is 30.3 Å². The predicted octanol–water partition coefficient (Wildman–Crippen LogP) is 5.30. The molecule has 21 heavy (non-hydrogen) atoms. The molecule has 1 fully saturated rings. The van der Waals surface area contributed by atoms with E-state index in [1.165, 1.54) is 38.9 Å². The smallest absolute Gasteiger partial charge is 0.0314 e. The van der Waals surface area contributed by atoms with E-state index in [1.807, 2.05) is 11.8 Å². The second-order valence-corrected chi connectivity index (χ2v) is 7.51. The molecule has 0 heterocycles. The Morgan fingerprint density at radius 2 is 2.00 bits per heavy atom. The van der Waals surface area contributed by atoms with E-state index < -0.39 is 0 Å². The van der Waals surface area contributed by atoms with Gasteiger partial charge in [-0.2, -0.15) is 0 Å². The second-order valence-electron chi connectivity index (χ2n) is 5.64. The highest BCUT2D eigenvalue weighted by atomic mass is 79.9. The van der Waals surface area contributed by atoms with Crippen LogP contribution in [0.1, 0.15) is 29.5 Å². The van der Waals surface area contributed by atoms with Crippen molar-refractivity contribution in [2.45, 2.75) is 43.0 Å². The summed E-state index contributed by atoms with van der Waals surface area (Å²) in [6.45, 7) is 3.16. The molecule has 3 rings (SSSR count). The summed E-state index contributed by atoms with van der Waals surface area (Å²) >= 11 is 5.61. The van der Waals surface area contributed by atoms with Gasteiger partial charge in [0.05, 0.1) is 0 Å². The number of nitrogens with one attached hydrogen (secondary N) is 1. The van der Waals surface area contributed by atoms with Gasteiger partial charge in [-0.05, 0) is 64.5 Å². The quantitative estimate of drug-likeness (QED) is 0.700. The monoisotopic (exact) mass is 361 g/mol. The topological polar surface area (TPSA) is 12.0 Å². The number of benzene rings is 2. The van der Waals surface area contributed by atoms with Crippen molar-refractivity contribution in [3.63, 3.8) is 0 Å². The van der Waals surface area contributed by atoms with Gasteiger partial charge in [0, 0.05) is 27.7 Å². The van der Waals surface area contributed by atoms with Crippen LogP contribution in [0.2, 0.25) is 0 Å². The van der Waals surface area contributed by atoms with Crippen molar-refractivity contribution >= 4 is 27.7 Å². The zero-order chi connectivity index (χ0) is 14.7. The molecule has 0 aromatic heterocycles. The van der Waals surface area contributed by atoms with Crippen LogP contribution in [-0.4, -0.2) is 6.04 Å². The Morgan fingerprint density at radius 1 is 1.19 bits per heavy atom. The summed E-state index contributed by atoms with van der Waals surface area (Å²) in [5, 5.41) is 3.56. The molecule has 3 heteroatoms. The van der Waals surface area contributed by atoms with E-state index in [9.17, 15) is 0 Å². The Balaban J connectivity index is 1.61. The summed E-state index contributed by atoms with van der Waals surface area (Å²) in [6, 6.07) is 16.1. The minimum Gasteiger partial charge on any atom is -0.310 e. The second kappa shape index (κ2) is 6.99. The molecule has 110 valence electrons. The first-order chi connectivity index (χ1) is 10.2. The SMILES string of the molecule is Cc1ccccc1CSc1ccc(CNC2CC2)cc1Br. The van der Waals surface area contributed by atoms with Crippen molar-refractivity contribution in [2.75, 3.05) is 0 Å². The molecular formula is C18H20BrNS. The number of hydrogen-bond donors (Lipinski definition) is 1. The normalized spacial score (nSPS) is 14.4. The lowest BCUT2D eigenvalue weighted by atomic mass is 10.1. The lowest BCUT2D eigenvalue weighted by Gasteiger charge is -2.09. The molecule has 1 N–H and O–H groups in total. The van der Waals surface area contributed by atoms with Crippen molar-refractivity contribution in [3.05, 3.63) is 63.6 Å². The zero-order valence-corrected chi connectivity index (χ0v) is 14.6. The third-order valence-corrected chi connectivity index (χ3v) is 5.85. The van der Waals surface area contributed by atoms with E-state index in [2.05, 4.69) is 70.6 Å². The van der Waals surface area contributed by atoms with Crippen LogP contribution in [0.5, 0.6) is 0 Å². The van der Waals surface area contributed by atoms with Crippen LogP contribution in [0.3, 0.4) is 0 Å². The molecule has 0 radical (unpaired) electrons. The Labute approximate surface area is 139 Å². The minimum absolute atomic E-state index is 0.763. The molecule has 2 aromatic carbocycles. The molecule has 2 aromatic rings. The number of halogens is 1. The van der Waals surface area contributed by atoms with E-state index >= 15 is 0 Å². The van der Waals surface area contributed by atoms with E-state index in [0.29, 0.717) is 0 Å². The highest BCUT2D eigenvalue weighted by Gasteiger charge is 2.19. The molecule has 0 aliphatic heterocycles. The molecule has 1 saturated carbocycles. The molecule has 0 unspecified atom stereocenters. The van der Waals surface area contributed by atoms with Crippen LogP contribution < -0.4 is 5.32 Å². The molecule has 1 aliphatic carbocycles. The Hall–Kier alpha value is -0.770. The van der Waals surface area contributed by atoms with Crippen LogP contribution in [-0.2, 0) is 12.3 Å². The Bertz CT molecular complexity index is 622. The third kappa shape index (κ3) is 4.35. The van der Waals surface area contributed by atoms with Crippen molar-refractivity contribution in [3.8, 4) is 0 Å². The first-order valence-electron chi connectivity index (χ1n) is 7.41. The van der Waals surface area contributed by atoms with Gasteiger partial charge in [0.1, 0.15) is 0 Å². The first kappa shape index (κ1) is 15.1. The maximum atomic E-state index is 3.71. The highest BCUT2D eigenvalue weighted by Crippen LogP contribution is 2.31. The van der Waals surface area contributed by atoms with E-state index in [4.69, 9.17) is 0 Å². The Morgan fingerprint density at radius 3 is 2.71 bits per heavy atom. The molecule has 0 bridgehead atoms. The number of hydrogen-bond acceptors (Lipinski definition) is 2. The number of thioether (sulfide) groups is 1. The van der Waals surface area contributed by atoms with Gasteiger partial charge in [0.15, 0.2) is 0 Å². The van der Waals surface area contributed by atoms with Crippen LogP contribution in [0.15, 0.2) is 51.8 Å². The van der Waals surface area contributed by atoms with Gasteiger partial charge in [0.25, 0.3) is 0 Å². The van der Waals surface area contributed by atoms with Crippen molar-refractivity contribution in [2.24, 2.45) is 0 Å². The number of aryl methyl sites for hydroxylation is 1. The van der Waals surface area contributed by atoms with Gasteiger partial charge >= 0.3 is 0 Å². The predicted molar refractivity (Wildman–Crippen MR) is 94.7 cm³/mol. The van der Waals surface area contributed by atoms with Crippen LogP contribution in [0.25, 0.3) is 0 Å². The van der Waals surface area contributed by atoms with Crippen LogP contribution in [0.4, 0.5) is 0 Å². The summed E-state index contributed by atoms with van der Waals surface area (Å²) in [6.07, 6.45) is 2.68. The van der Waals surface area contributed by atoms with Gasteiger partial charge in [-0.15, -0.1) is 11.8 Å². The lowest BCUT2D eigenvalue weighted by molar-refractivity contribution is 0.687. The van der Waals surface area contributed by atoms with Gasteiger partial charge in [-0.25, -0.2) is 0 Å². The zero-order valence-electron chi connectivity index (χ0n) is 12.2. The van der Waals surface area contributed by atoms with E-state index in [-0.39, 0.29) is 0 Å². The summed E-state index contributed by atoms with van der Waals surface area (Å²) in [7, 11) is 0. The van der Waals surface area contributed by atoms with Crippen molar-refractivity contribution in [1.82, 2.24) is 5.32 Å². The lowest BCUT2D eigenvalue weighted by Crippen LogP contribution is -2.15. The fraction of sp³-hybridized carbons (Fsp3) is 0.333. The fourth-order valence-corrected chi connectivity index (χ4v) is 4.01. The summed E-state index contributed by atoms with van der Waals surface area (Å²) in [5.74, 6) is 1.02. The largest absolute Gasteiger partial charge is 0.310 e. The van der Waals surface area contributed by atoms with E-state index in [1.54, 1.807) is 0 Å². The Kier molecular flexibility index (Phi) is 5.04. The molecule has 0 spiro atoms. The van der Waals surface area contributed by atoms with Crippen molar-refractivity contribution in [1.29, 1.82) is 0 Å². The maximum absolute atomic E-state index is 3.71. The molecule has 0 amide bonds. The standard InChI is InChI=1S/C18H20BrNS/c1-13-4-2-3-5-15(13)12-21-18-9-6-14(10-17(18)19)11-20-16-7-8-16/h2-6,9-10,16,20H,7-8,11-12H2,1H3. The minimum atomic E-state index is 0.763. The van der Waals surface area contributed by atoms with E-state index in [0.717, 1.165) is 18.3 Å². The third-order valence-electron chi connectivity index (χ3n) is 3.81. The molecule has 1 aliphatic rings. The first-order valence-corrected chi connectivity index (χ1v) is 9.19. The number of rotatable bonds is 6. The van der Waals surface area contributed by atoms with Gasteiger partial charge in [0.2, 0.25) is 0 Å². The maximum Gasteiger partial charge on any atom is 0.0314 e. The molecular weight excluding hydrogens is 342 g/mol. The summed E-state index contributed by atoms with van der Waals surface area (Å²) < 4.78 is 1.20. The van der Waals surface area contributed by atoms with Gasteiger partial charge < -0.3 is 5.32 Å². The summed E-state index contributed by atoms with van der Waals surface area (Å²) in [5.41, 5.74) is 4.13. The summed E-state index contributed by atoms with van der Waals surface area (Å²) in [4.78, 5) is 1.31.